The topological polar surface area (TPSA) is 105 Å². The molecule has 2 N–H and O–H groups in total. The third kappa shape index (κ3) is 6.39. The van der Waals surface area contributed by atoms with Gasteiger partial charge in [0.2, 0.25) is 0 Å². The second kappa shape index (κ2) is 12.2. The van der Waals surface area contributed by atoms with Crippen molar-refractivity contribution in [2.45, 2.75) is 20.8 Å². The first-order chi connectivity index (χ1) is 16.4. The van der Waals surface area contributed by atoms with Crippen LogP contribution in [0.2, 0.25) is 5.02 Å². The maximum absolute atomic E-state index is 12.8. The molecular formula is C24H29ClN4O5. The highest BCUT2D eigenvalue weighted by atomic mass is 35.5. The number of halogens is 1. The molecule has 10 heteroatoms. The van der Waals surface area contributed by atoms with Gasteiger partial charge in [0.1, 0.15) is 22.9 Å². The number of azo groups is 1. The number of ether oxygens (including phenoxy) is 3. The highest BCUT2D eigenvalue weighted by Gasteiger charge is 2.20. The number of nitrogens with zero attached hydrogens (tertiary/aromatic N) is 3. The van der Waals surface area contributed by atoms with Crippen LogP contribution in [0.4, 0.5) is 17.1 Å². The van der Waals surface area contributed by atoms with Crippen LogP contribution in [0.25, 0.3) is 0 Å². The molecule has 0 unspecified atom stereocenters. The number of para-hydroxylation sites is 1. The number of hydrogen-bond donors (Lipinski definition) is 2. The van der Waals surface area contributed by atoms with Gasteiger partial charge in [0.25, 0.3) is 5.91 Å². The van der Waals surface area contributed by atoms with Crippen LogP contribution in [0.5, 0.6) is 11.5 Å². The van der Waals surface area contributed by atoms with E-state index in [1.165, 1.54) is 6.92 Å². The maximum atomic E-state index is 12.8. The van der Waals surface area contributed by atoms with Crippen molar-refractivity contribution in [3.05, 3.63) is 52.9 Å². The smallest absolute Gasteiger partial charge is 0.279 e. The summed E-state index contributed by atoms with van der Waals surface area (Å²) >= 11 is 6.12. The number of amides is 1. The van der Waals surface area contributed by atoms with Gasteiger partial charge in [0, 0.05) is 25.2 Å². The Morgan fingerprint density at radius 1 is 1.15 bits per heavy atom. The van der Waals surface area contributed by atoms with E-state index >= 15 is 0 Å². The molecule has 1 aliphatic rings. The summed E-state index contributed by atoms with van der Waals surface area (Å²) in [4.78, 5) is 14.9. The van der Waals surface area contributed by atoms with Gasteiger partial charge in [-0.3, -0.25) is 4.79 Å². The fourth-order valence-electron chi connectivity index (χ4n) is 3.34. The van der Waals surface area contributed by atoms with Crippen LogP contribution in [-0.2, 0) is 9.53 Å². The average Bonchev–Trinajstić information content (AvgIpc) is 2.82. The van der Waals surface area contributed by atoms with E-state index in [-0.39, 0.29) is 11.5 Å². The van der Waals surface area contributed by atoms with Crippen LogP contribution < -0.4 is 19.7 Å². The molecule has 0 saturated carbocycles. The number of carbonyl (C=O) groups is 1. The van der Waals surface area contributed by atoms with E-state index < -0.39 is 5.91 Å². The SMILES string of the molecule is CCOc1cc(N2CCOCC2)c(OCC)cc1N=NC(C(=O)Nc1ccccc1Cl)=C(C)O. The number of benzene rings is 2. The Morgan fingerprint density at radius 2 is 1.82 bits per heavy atom. The molecule has 0 bridgehead atoms. The van der Waals surface area contributed by atoms with Crippen molar-refractivity contribution in [3.8, 4) is 11.5 Å². The third-order valence-corrected chi connectivity index (χ3v) is 5.26. The van der Waals surface area contributed by atoms with E-state index in [0.29, 0.717) is 54.3 Å². The zero-order valence-electron chi connectivity index (χ0n) is 19.5. The summed E-state index contributed by atoms with van der Waals surface area (Å²) in [7, 11) is 0. The number of carbonyl (C=O) groups excluding carboxylic acids is 1. The molecule has 3 rings (SSSR count). The molecule has 0 aliphatic carbocycles. The Kier molecular flexibility index (Phi) is 9.12. The molecule has 1 fully saturated rings. The number of aliphatic hydroxyl groups is 1. The first kappa shape index (κ1) is 25.3. The molecule has 34 heavy (non-hydrogen) atoms. The number of aliphatic hydroxyl groups excluding tert-OH is 1. The molecule has 9 nitrogen and oxygen atoms in total. The van der Waals surface area contributed by atoms with Crippen molar-refractivity contribution in [2.24, 2.45) is 10.2 Å². The monoisotopic (exact) mass is 488 g/mol. The van der Waals surface area contributed by atoms with E-state index in [1.54, 1.807) is 30.3 Å². The van der Waals surface area contributed by atoms with Gasteiger partial charge >= 0.3 is 0 Å². The second-order valence-electron chi connectivity index (χ2n) is 7.32. The lowest BCUT2D eigenvalue weighted by Crippen LogP contribution is -2.36. The Balaban J connectivity index is 1.93. The Hall–Kier alpha value is -3.30. The molecule has 1 heterocycles. The summed E-state index contributed by atoms with van der Waals surface area (Å²) in [5.41, 5.74) is 1.38. The second-order valence-corrected chi connectivity index (χ2v) is 7.73. The number of rotatable bonds is 9. The molecule has 2 aromatic rings. The predicted octanol–water partition coefficient (Wildman–Crippen LogP) is 5.49. The Bertz CT molecular complexity index is 1060. The van der Waals surface area contributed by atoms with E-state index in [4.69, 9.17) is 25.8 Å². The number of morpholine rings is 1. The molecule has 0 atom stereocenters. The third-order valence-electron chi connectivity index (χ3n) is 4.93. The number of nitrogens with one attached hydrogen (secondary N) is 1. The van der Waals surface area contributed by atoms with Crippen molar-refractivity contribution < 1.29 is 24.1 Å². The molecule has 1 saturated heterocycles. The lowest BCUT2D eigenvalue weighted by atomic mass is 10.2. The lowest BCUT2D eigenvalue weighted by molar-refractivity contribution is -0.113. The minimum atomic E-state index is -0.648. The number of allylic oxidation sites excluding steroid dienone is 1. The quantitative estimate of drug-likeness (QED) is 0.275. The fraction of sp³-hybridized carbons (Fsp3) is 0.375. The maximum Gasteiger partial charge on any atom is 0.279 e. The van der Waals surface area contributed by atoms with Crippen molar-refractivity contribution in [1.29, 1.82) is 0 Å². The van der Waals surface area contributed by atoms with Crippen molar-refractivity contribution in [2.75, 3.05) is 49.7 Å². The summed E-state index contributed by atoms with van der Waals surface area (Å²) in [6.07, 6.45) is 0. The van der Waals surface area contributed by atoms with Crippen LogP contribution >= 0.6 is 11.6 Å². The van der Waals surface area contributed by atoms with E-state index in [0.717, 1.165) is 18.8 Å². The van der Waals surface area contributed by atoms with Gasteiger partial charge in [-0.15, -0.1) is 10.2 Å². The molecule has 0 aromatic heterocycles. The normalized spacial score (nSPS) is 14.6. The summed E-state index contributed by atoms with van der Waals surface area (Å²) in [5.74, 6) is 0.164. The first-order valence-corrected chi connectivity index (χ1v) is 11.5. The zero-order chi connectivity index (χ0) is 24.5. The largest absolute Gasteiger partial charge is 0.510 e. The summed E-state index contributed by atoms with van der Waals surface area (Å²) < 4.78 is 17.1. The highest BCUT2D eigenvalue weighted by Crippen LogP contribution is 2.41. The molecule has 0 radical (unpaired) electrons. The lowest BCUT2D eigenvalue weighted by Gasteiger charge is -2.30. The molecule has 182 valence electrons. The van der Waals surface area contributed by atoms with E-state index in [2.05, 4.69) is 20.4 Å². The van der Waals surface area contributed by atoms with Gasteiger partial charge in [-0.2, -0.15) is 0 Å². The van der Waals surface area contributed by atoms with Crippen molar-refractivity contribution >= 4 is 34.6 Å². The number of hydrogen-bond acceptors (Lipinski definition) is 8. The molecule has 2 aromatic carbocycles. The minimum Gasteiger partial charge on any atom is -0.510 e. The molecule has 1 aliphatic heterocycles. The van der Waals surface area contributed by atoms with Crippen LogP contribution in [0.1, 0.15) is 20.8 Å². The Labute approximate surface area is 204 Å². The summed E-state index contributed by atoms with van der Waals surface area (Å²) in [6.45, 7) is 8.70. The highest BCUT2D eigenvalue weighted by molar-refractivity contribution is 6.33. The van der Waals surface area contributed by atoms with Gasteiger partial charge in [0.05, 0.1) is 42.8 Å². The first-order valence-electron chi connectivity index (χ1n) is 11.1. The van der Waals surface area contributed by atoms with Gasteiger partial charge in [-0.25, -0.2) is 0 Å². The van der Waals surface area contributed by atoms with E-state index in [9.17, 15) is 9.90 Å². The van der Waals surface area contributed by atoms with Gasteiger partial charge < -0.3 is 29.5 Å². The van der Waals surface area contributed by atoms with Crippen LogP contribution in [0, 0.1) is 0 Å². The van der Waals surface area contributed by atoms with Gasteiger partial charge in [-0.05, 0) is 32.9 Å². The fourth-order valence-corrected chi connectivity index (χ4v) is 3.52. The summed E-state index contributed by atoms with van der Waals surface area (Å²) in [5, 5.41) is 21.3. The molecule has 0 spiro atoms. The average molecular weight is 489 g/mol. The minimum absolute atomic E-state index is 0.252. The van der Waals surface area contributed by atoms with Crippen LogP contribution in [0.3, 0.4) is 0 Å². The van der Waals surface area contributed by atoms with Crippen molar-refractivity contribution in [3.63, 3.8) is 0 Å². The van der Waals surface area contributed by atoms with Crippen LogP contribution in [-0.4, -0.2) is 50.5 Å². The zero-order valence-corrected chi connectivity index (χ0v) is 20.3. The molecular weight excluding hydrogens is 460 g/mol. The Morgan fingerprint density at radius 3 is 2.47 bits per heavy atom. The van der Waals surface area contributed by atoms with Crippen molar-refractivity contribution in [1.82, 2.24) is 0 Å². The summed E-state index contributed by atoms with van der Waals surface area (Å²) in [6, 6.07) is 10.3. The number of anilines is 2. The van der Waals surface area contributed by atoms with E-state index in [1.807, 2.05) is 19.9 Å². The standard InChI is InChI=1S/C24H29ClN4O5/c1-4-33-21-15-20(29-10-12-32-13-11-29)22(34-5-2)14-19(21)27-28-23(16(3)30)24(31)26-18-9-7-6-8-17(18)25/h6-9,14-15,30H,4-5,10-13H2,1-3H3,(H,26,31). The van der Waals surface area contributed by atoms with Gasteiger partial charge in [-0.1, -0.05) is 23.7 Å². The van der Waals surface area contributed by atoms with Crippen LogP contribution in [0.15, 0.2) is 58.1 Å². The van der Waals surface area contributed by atoms with Gasteiger partial charge in [0.15, 0.2) is 5.70 Å². The molecule has 1 amide bonds. The predicted molar refractivity (Wildman–Crippen MR) is 132 cm³/mol.